The lowest BCUT2D eigenvalue weighted by Gasteiger charge is -2.04. The number of carbonyl (C=O) groups excluding carboxylic acids is 1. The van der Waals surface area contributed by atoms with Crippen LogP contribution in [-0.2, 0) is 11.3 Å². The van der Waals surface area contributed by atoms with E-state index in [1.54, 1.807) is 11.6 Å². The molecule has 2 rings (SSSR count). The lowest BCUT2D eigenvalue weighted by Crippen LogP contribution is -2.08. The van der Waals surface area contributed by atoms with E-state index in [0.717, 1.165) is 11.3 Å². The van der Waals surface area contributed by atoms with E-state index in [4.69, 9.17) is 4.74 Å². The molecule has 1 aromatic carbocycles. The molecular formula is C13H14IN3O2. The highest BCUT2D eigenvalue weighted by Gasteiger charge is 2.17. The lowest BCUT2D eigenvalue weighted by molar-refractivity contribution is 0.0518. The molecule has 6 heteroatoms. The number of rotatable bonds is 4. The van der Waals surface area contributed by atoms with Crippen molar-refractivity contribution < 1.29 is 9.53 Å². The maximum atomic E-state index is 11.6. The van der Waals surface area contributed by atoms with Crippen LogP contribution in [0.15, 0.2) is 24.3 Å². The van der Waals surface area contributed by atoms with E-state index in [1.165, 1.54) is 3.57 Å². The third-order valence-electron chi connectivity index (χ3n) is 2.70. The Balaban J connectivity index is 2.18. The van der Waals surface area contributed by atoms with Gasteiger partial charge in [-0.05, 0) is 54.1 Å². The van der Waals surface area contributed by atoms with Gasteiger partial charge in [0.15, 0.2) is 5.69 Å². The predicted octanol–water partition coefficient (Wildman–Crippen LogP) is 2.42. The van der Waals surface area contributed by atoms with Gasteiger partial charge in [-0.1, -0.05) is 17.3 Å². The number of ether oxygens (including phenoxy) is 1. The number of halogens is 1. The zero-order valence-corrected chi connectivity index (χ0v) is 12.9. The monoisotopic (exact) mass is 371 g/mol. The van der Waals surface area contributed by atoms with Gasteiger partial charge >= 0.3 is 5.97 Å². The van der Waals surface area contributed by atoms with E-state index in [-0.39, 0.29) is 5.69 Å². The number of benzene rings is 1. The summed E-state index contributed by atoms with van der Waals surface area (Å²) in [4.78, 5) is 11.6. The summed E-state index contributed by atoms with van der Waals surface area (Å²) in [6, 6.07) is 8.14. The summed E-state index contributed by atoms with van der Waals surface area (Å²) in [6.07, 6.45) is 0. The largest absolute Gasteiger partial charge is 0.461 e. The van der Waals surface area contributed by atoms with Gasteiger partial charge in [0, 0.05) is 3.57 Å². The fourth-order valence-electron chi connectivity index (χ4n) is 1.66. The van der Waals surface area contributed by atoms with Crippen molar-refractivity contribution in [3.05, 3.63) is 44.8 Å². The first-order chi connectivity index (χ1) is 9.11. The minimum absolute atomic E-state index is 0.285. The Morgan fingerprint density at radius 1 is 1.37 bits per heavy atom. The first-order valence-corrected chi connectivity index (χ1v) is 7.01. The zero-order valence-electron chi connectivity index (χ0n) is 10.8. The van der Waals surface area contributed by atoms with Crippen molar-refractivity contribution in [3.8, 4) is 0 Å². The number of nitrogens with zero attached hydrogens (tertiary/aromatic N) is 3. The van der Waals surface area contributed by atoms with Gasteiger partial charge in [0.2, 0.25) is 0 Å². The van der Waals surface area contributed by atoms with Gasteiger partial charge < -0.3 is 4.74 Å². The number of aromatic nitrogens is 3. The molecule has 0 unspecified atom stereocenters. The summed E-state index contributed by atoms with van der Waals surface area (Å²) in [5, 5.41) is 7.89. The summed E-state index contributed by atoms with van der Waals surface area (Å²) in [7, 11) is 0. The molecule has 0 bridgehead atoms. The van der Waals surface area contributed by atoms with E-state index < -0.39 is 5.97 Å². The Hall–Kier alpha value is -1.44. The van der Waals surface area contributed by atoms with Crippen molar-refractivity contribution in [2.75, 3.05) is 6.61 Å². The Bertz CT molecular complexity index is 578. The second-order valence-electron chi connectivity index (χ2n) is 4.03. The summed E-state index contributed by atoms with van der Waals surface area (Å²) in [5.74, 6) is -0.422. The first kappa shape index (κ1) is 14.0. The Morgan fingerprint density at radius 2 is 2.05 bits per heavy atom. The molecule has 0 amide bonds. The molecular weight excluding hydrogens is 357 g/mol. The Morgan fingerprint density at radius 3 is 2.68 bits per heavy atom. The second-order valence-corrected chi connectivity index (χ2v) is 5.27. The number of carbonyl (C=O) groups is 1. The van der Waals surface area contributed by atoms with Gasteiger partial charge in [-0.3, -0.25) is 0 Å². The smallest absolute Gasteiger partial charge is 0.360 e. The maximum Gasteiger partial charge on any atom is 0.360 e. The maximum absolute atomic E-state index is 11.6. The molecule has 0 radical (unpaired) electrons. The van der Waals surface area contributed by atoms with Crippen molar-refractivity contribution in [3.63, 3.8) is 0 Å². The van der Waals surface area contributed by atoms with Gasteiger partial charge in [0.1, 0.15) is 0 Å². The zero-order chi connectivity index (χ0) is 13.8. The Kier molecular flexibility index (Phi) is 4.52. The van der Waals surface area contributed by atoms with E-state index in [0.29, 0.717) is 13.2 Å². The predicted molar refractivity (Wildman–Crippen MR) is 79.0 cm³/mol. The summed E-state index contributed by atoms with van der Waals surface area (Å²) in [5.41, 5.74) is 2.12. The molecule has 0 N–H and O–H groups in total. The summed E-state index contributed by atoms with van der Waals surface area (Å²) < 4.78 is 7.82. The molecule has 0 fully saturated rings. The fraction of sp³-hybridized carbons (Fsp3) is 0.308. The van der Waals surface area contributed by atoms with Gasteiger partial charge in [0.05, 0.1) is 18.8 Å². The van der Waals surface area contributed by atoms with Gasteiger partial charge in [-0.25, -0.2) is 9.48 Å². The average molecular weight is 371 g/mol. The molecule has 19 heavy (non-hydrogen) atoms. The molecule has 0 spiro atoms. The van der Waals surface area contributed by atoms with Crippen LogP contribution in [-0.4, -0.2) is 27.6 Å². The van der Waals surface area contributed by atoms with E-state index >= 15 is 0 Å². The third kappa shape index (κ3) is 3.31. The molecule has 1 aromatic heterocycles. The molecule has 0 aliphatic carbocycles. The van der Waals surface area contributed by atoms with Crippen molar-refractivity contribution in [1.82, 2.24) is 15.0 Å². The van der Waals surface area contributed by atoms with Crippen molar-refractivity contribution in [2.24, 2.45) is 0 Å². The van der Waals surface area contributed by atoms with Crippen LogP contribution < -0.4 is 0 Å². The van der Waals surface area contributed by atoms with Crippen LogP contribution in [0.25, 0.3) is 0 Å². The van der Waals surface area contributed by atoms with E-state index in [2.05, 4.69) is 32.9 Å². The topological polar surface area (TPSA) is 57.0 Å². The van der Waals surface area contributed by atoms with Crippen LogP contribution >= 0.6 is 22.6 Å². The van der Waals surface area contributed by atoms with Crippen LogP contribution in [0, 0.1) is 10.5 Å². The van der Waals surface area contributed by atoms with Gasteiger partial charge in [0.25, 0.3) is 0 Å². The SMILES string of the molecule is CCOC(=O)c1nnn(Cc2ccc(I)cc2)c1C. The average Bonchev–Trinajstić information content (AvgIpc) is 2.74. The van der Waals surface area contributed by atoms with Crippen LogP contribution in [0.4, 0.5) is 0 Å². The second kappa shape index (κ2) is 6.14. The highest BCUT2D eigenvalue weighted by atomic mass is 127. The molecule has 0 saturated heterocycles. The minimum atomic E-state index is -0.422. The van der Waals surface area contributed by atoms with Crippen LogP contribution in [0.2, 0.25) is 0 Å². The van der Waals surface area contributed by atoms with E-state index in [9.17, 15) is 4.79 Å². The van der Waals surface area contributed by atoms with Crippen molar-refractivity contribution in [1.29, 1.82) is 0 Å². The molecule has 0 saturated carbocycles. The minimum Gasteiger partial charge on any atom is -0.461 e. The molecule has 0 atom stereocenters. The quantitative estimate of drug-likeness (QED) is 0.612. The molecule has 100 valence electrons. The third-order valence-corrected chi connectivity index (χ3v) is 3.42. The molecule has 2 aromatic rings. The standard InChI is InChI=1S/C13H14IN3O2/c1-3-19-13(18)12-9(2)17(16-15-12)8-10-4-6-11(14)7-5-10/h4-7H,3,8H2,1-2H3. The fourth-order valence-corrected chi connectivity index (χ4v) is 2.02. The number of hydrogen-bond acceptors (Lipinski definition) is 4. The number of hydrogen-bond donors (Lipinski definition) is 0. The lowest BCUT2D eigenvalue weighted by atomic mass is 10.2. The Labute approximate surface area is 125 Å². The molecule has 1 heterocycles. The van der Waals surface area contributed by atoms with Crippen LogP contribution in [0.3, 0.4) is 0 Å². The van der Waals surface area contributed by atoms with Gasteiger partial charge in [-0.2, -0.15) is 0 Å². The van der Waals surface area contributed by atoms with Crippen LogP contribution in [0.5, 0.6) is 0 Å². The van der Waals surface area contributed by atoms with Crippen molar-refractivity contribution >= 4 is 28.6 Å². The molecule has 0 aliphatic rings. The van der Waals surface area contributed by atoms with Gasteiger partial charge in [-0.15, -0.1) is 5.10 Å². The van der Waals surface area contributed by atoms with E-state index in [1.807, 2.05) is 31.2 Å². The molecule has 0 aliphatic heterocycles. The molecule has 5 nitrogen and oxygen atoms in total. The number of esters is 1. The summed E-state index contributed by atoms with van der Waals surface area (Å²) in [6.45, 7) is 4.51. The normalized spacial score (nSPS) is 10.5. The summed E-state index contributed by atoms with van der Waals surface area (Å²) >= 11 is 2.26. The highest BCUT2D eigenvalue weighted by Crippen LogP contribution is 2.11. The first-order valence-electron chi connectivity index (χ1n) is 5.93. The van der Waals surface area contributed by atoms with Crippen molar-refractivity contribution in [2.45, 2.75) is 20.4 Å². The van der Waals surface area contributed by atoms with Crippen LogP contribution in [0.1, 0.15) is 28.7 Å². The highest BCUT2D eigenvalue weighted by molar-refractivity contribution is 14.1.